The van der Waals surface area contributed by atoms with Crippen LogP contribution in [-0.4, -0.2) is 20.9 Å². The van der Waals surface area contributed by atoms with Gasteiger partial charge in [0.1, 0.15) is 6.54 Å². The maximum Gasteiger partial charge on any atom is 0.264 e. The van der Waals surface area contributed by atoms with Gasteiger partial charge in [-0.1, -0.05) is 73.2 Å². The van der Waals surface area contributed by atoms with Crippen molar-refractivity contribution in [1.82, 2.24) is 5.32 Å². The highest BCUT2D eigenvalue weighted by Crippen LogP contribution is 2.27. The zero-order valence-electron chi connectivity index (χ0n) is 18.1. The maximum absolute atomic E-state index is 13.4. The number of hydrogen-bond acceptors (Lipinski definition) is 3. The van der Waals surface area contributed by atoms with E-state index in [0.717, 1.165) is 16.7 Å². The van der Waals surface area contributed by atoms with Crippen LogP contribution in [-0.2, 0) is 14.8 Å². The predicted molar refractivity (Wildman–Crippen MR) is 125 cm³/mol. The molecule has 0 heterocycles. The molecule has 0 aliphatic heterocycles. The van der Waals surface area contributed by atoms with Crippen LogP contribution in [0.3, 0.4) is 0 Å². The fourth-order valence-corrected chi connectivity index (χ4v) is 4.96. The quantitative estimate of drug-likeness (QED) is 0.553. The molecular formula is C25H28N2O3S. The Morgan fingerprint density at radius 2 is 1.52 bits per heavy atom. The molecule has 3 aromatic rings. The summed E-state index contributed by atoms with van der Waals surface area (Å²) in [6.07, 6.45) is 0.699. The molecule has 0 unspecified atom stereocenters. The fraction of sp³-hybridized carbons (Fsp3) is 0.240. The van der Waals surface area contributed by atoms with Crippen LogP contribution in [0.1, 0.15) is 36.1 Å². The first kappa shape index (κ1) is 22.6. The highest BCUT2D eigenvalue weighted by Gasteiger charge is 2.28. The van der Waals surface area contributed by atoms with Gasteiger partial charge in [-0.3, -0.25) is 9.10 Å². The molecule has 3 rings (SSSR count). The lowest BCUT2D eigenvalue weighted by Gasteiger charge is -2.27. The van der Waals surface area contributed by atoms with Crippen molar-refractivity contribution in [2.75, 3.05) is 10.8 Å². The zero-order valence-corrected chi connectivity index (χ0v) is 18.9. The monoisotopic (exact) mass is 436 g/mol. The van der Waals surface area contributed by atoms with Crippen LogP contribution in [0.5, 0.6) is 0 Å². The molecule has 6 heteroatoms. The van der Waals surface area contributed by atoms with Crippen molar-refractivity contribution in [3.63, 3.8) is 0 Å². The Labute approximate surface area is 184 Å². The van der Waals surface area contributed by atoms with Gasteiger partial charge < -0.3 is 5.32 Å². The summed E-state index contributed by atoms with van der Waals surface area (Å²) >= 11 is 0. The molecule has 0 aromatic heterocycles. The van der Waals surface area contributed by atoms with E-state index in [1.165, 1.54) is 4.31 Å². The van der Waals surface area contributed by atoms with Crippen LogP contribution in [0.4, 0.5) is 5.69 Å². The topological polar surface area (TPSA) is 66.5 Å². The number of rotatable bonds is 8. The summed E-state index contributed by atoms with van der Waals surface area (Å²) in [4.78, 5) is 13.2. The lowest BCUT2D eigenvalue weighted by Crippen LogP contribution is -2.42. The van der Waals surface area contributed by atoms with Crippen molar-refractivity contribution in [2.24, 2.45) is 0 Å². The molecule has 1 N–H and O–H groups in total. The largest absolute Gasteiger partial charge is 0.348 e. The second-order valence-electron chi connectivity index (χ2n) is 7.55. The molecule has 0 aliphatic carbocycles. The second-order valence-corrected chi connectivity index (χ2v) is 9.41. The summed E-state index contributed by atoms with van der Waals surface area (Å²) < 4.78 is 28.0. The molecule has 0 saturated heterocycles. The van der Waals surface area contributed by atoms with Gasteiger partial charge in [-0.15, -0.1) is 0 Å². The number of aryl methyl sites for hydroxylation is 2. The summed E-state index contributed by atoms with van der Waals surface area (Å²) in [6, 6.07) is 23.2. The molecule has 0 spiro atoms. The number of hydrogen-bond donors (Lipinski definition) is 1. The SMILES string of the molecule is CC[C@@H](NC(=O)CN(c1ccccc1C)S(=O)(=O)c1ccccc1)c1ccc(C)cc1. The van der Waals surface area contributed by atoms with Gasteiger partial charge in [-0.2, -0.15) is 0 Å². The Balaban J connectivity index is 1.91. The highest BCUT2D eigenvalue weighted by molar-refractivity contribution is 7.92. The van der Waals surface area contributed by atoms with Crippen LogP contribution in [0.15, 0.2) is 83.8 Å². The summed E-state index contributed by atoms with van der Waals surface area (Å²) in [5, 5.41) is 3.00. The van der Waals surface area contributed by atoms with Crippen LogP contribution >= 0.6 is 0 Å². The van der Waals surface area contributed by atoms with E-state index in [1.807, 2.05) is 57.2 Å². The number of nitrogens with zero attached hydrogens (tertiary/aromatic N) is 1. The third-order valence-electron chi connectivity index (χ3n) is 5.23. The van der Waals surface area contributed by atoms with Crippen molar-refractivity contribution in [1.29, 1.82) is 0 Å². The van der Waals surface area contributed by atoms with E-state index in [0.29, 0.717) is 12.1 Å². The molecule has 0 radical (unpaired) electrons. The first-order valence-electron chi connectivity index (χ1n) is 10.3. The lowest BCUT2D eigenvalue weighted by atomic mass is 10.0. The summed E-state index contributed by atoms with van der Waals surface area (Å²) in [5.41, 5.74) is 3.41. The van der Waals surface area contributed by atoms with Gasteiger partial charge in [-0.05, 0) is 49.6 Å². The fourth-order valence-electron chi connectivity index (χ4n) is 3.45. The normalized spacial score (nSPS) is 12.2. The molecule has 31 heavy (non-hydrogen) atoms. The average molecular weight is 437 g/mol. The minimum Gasteiger partial charge on any atom is -0.348 e. The first-order chi connectivity index (χ1) is 14.8. The maximum atomic E-state index is 13.4. The average Bonchev–Trinajstić information content (AvgIpc) is 2.77. The van der Waals surface area contributed by atoms with Crippen molar-refractivity contribution in [3.8, 4) is 0 Å². The van der Waals surface area contributed by atoms with Gasteiger partial charge >= 0.3 is 0 Å². The first-order valence-corrected chi connectivity index (χ1v) is 11.8. The van der Waals surface area contributed by atoms with Crippen molar-refractivity contribution in [3.05, 3.63) is 95.6 Å². The summed E-state index contributed by atoms with van der Waals surface area (Å²) in [5.74, 6) is -0.352. The van der Waals surface area contributed by atoms with Gasteiger partial charge in [0.25, 0.3) is 10.0 Å². The Morgan fingerprint density at radius 1 is 0.903 bits per heavy atom. The highest BCUT2D eigenvalue weighted by atomic mass is 32.2. The lowest BCUT2D eigenvalue weighted by molar-refractivity contribution is -0.120. The minimum absolute atomic E-state index is 0.150. The minimum atomic E-state index is -3.91. The van der Waals surface area contributed by atoms with Gasteiger partial charge in [-0.25, -0.2) is 8.42 Å². The summed E-state index contributed by atoms with van der Waals surface area (Å²) in [6.45, 7) is 5.54. The van der Waals surface area contributed by atoms with E-state index in [4.69, 9.17) is 0 Å². The van der Waals surface area contributed by atoms with E-state index in [-0.39, 0.29) is 23.4 Å². The van der Waals surface area contributed by atoms with Crippen molar-refractivity contribution >= 4 is 21.6 Å². The van der Waals surface area contributed by atoms with Gasteiger partial charge in [0.2, 0.25) is 5.91 Å². The number of sulfonamides is 1. The number of benzene rings is 3. The second kappa shape index (κ2) is 9.79. The Kier molecular flexibility index (Phi) is 7.13. The van der Waals surface area contributed by atoms with Crippen LogP contribution in [0, 0.1) is 13.8 Å². The molecule has 1 amide bonds. The third-order valence-corrected chi connectivity index (χ3v) is 7.00. The molecule has 0 aliphatic rings. The number of para-hydroxylation sites is 1. The van der Waals surface area contributed by atoms with E-state index >= 15 is 0 Å². The molecule has 1 atom stereocenters. The standard InChI is InChI=1S/C25H28N2O3S/c1-4-23(21-16-14-19(2)15-17-21)26-25(28)18-27(24-13-9-8-10-20(24)3)31(29,30)22-11-6-5-7-12-22/h5-17,23H,4,18H2,1-3H3,(H,26,28)/t23-/m1/s1. The molecule has 0 bridgehead atoms. The molecule has 5 nitrogen and oxygen atoms in total. The van der Waals surface area contributed by atoms with Crippen LogP contribution in [0.2, 0.25) is 0 Å². The molecule has 3 aromatic carbocycles. The number of amides is 1. The van der Waals surface area contributed by atoms with Gasteiger partial charge in [0.05, 0.1) is 16.6 Å². The molecular weight excluding hydrogens is 408 g/mol. The molecule has 0 saturated carbocycles. The molecule has 0 fully saturated rings. The summed E-state index contributed by atoms with van der Waals surface area (Å²) in [7, 11) is -3.91. The van der Waals surface area contributed by atoms with E-state index in [2.05, 4.69) is 5.32 Å². The Hall–Kier alpha value is -3.12. The number of nitrogens with one attached hydrogen (secondary N) is 1. The number of carbonyl (C=O) groups is 1. The Bertz CT molecular complexity index is 1130. The van der Waals surface area contributed by atoms with Crippen molar-refractivity contribution < 1.29 is 13.2 Å². The predicted octanol–water partition coefficient (Wildman–Crippen LogP) is 4.77. The third kappa shape index (κ3) is 5.33. The number of anilines is 1. The van der Waals surface area contributed by atoms with Gasteiger partial charge in [0, 0.05) is 0 Å². The molecule has 162 valence electrons. The van der Waals surface area contributed by atoms with E-state index in [9.17, 15) is 13.2 Å². The van der Waals surface area contributed by atoms with Gasteiger partial charge in [0.15, 0.2) is 0 Å². The zero-order chi connectivity index (χ0) is 22.4. The van der Waals surface area contributed by atoms with E-state index < -0.39 is 10.0 Å². The van der Waals surface area contributed by atoms with E-state index in [1.54, 1.807) is 42.5 Å². The number of carbonyl (C=O) groups excluding carboxylic acids is 1. The van der Waals surface area contributed by atoms with Crippen LogP contribution in [0.25, 0.3) is 0 Å². The Morgan fingerprint density at radius 3 is 2.13 bits per heavy atom. The van der Waals surface area contributed by atoms with Crippen LogP contribution < -0.4 is 9.62 Å². The van der Waals surface area contributed by atoms with Crippen molar-refractivity contribution in [2.45, 2.75) is 38.1 Å². The smallest absolute Gasteiger partial charge is 0.264 e.